The smallest absolute Gasteiger partial charge is 0.141 e. The van der Waals surface area contributed by atoms with Gasteiger partial charge in [0.1, 0.15) is 12.1 Å². The van der Waals surface area contributed by atoms with Crippen LogP contribution in [-0.4, -0.2) is 26.7 Å². The van der Waals surface area contributed by atoms with E-state index >= 15 is 0 Å². The quantitative estimate of drug-likeness (QED) is 0.342. The molecule has 6 nitrogen and oxygen atoms in total. The van der Waals surface area contributed by atoms with Crippen LogP contribution in [0.5, 0.6) is 0 Å². The van der Waals surface area contributed by atoms with Gasteiger partial charge in [-0.2, -0.15) is 5.10 Å². The van der Waals surface area contributed by atoms with Gasteiger partial charge >= 0.3 is 0 Å². The molecule has 0 amide bonds. The van der Waals surface area contributed by atoms with E-state index in [9.17, 15) is 0 Å². The van der Waals surface area contributed by atoms with Crippen LogP contribution in [-0.2, 0) is 0 Å². The zero-order chi connectivity index (χ0) is 20.3. The van der Waals surface area contributed by atoms with E-state index in [0.29, 0.717) is 0 Å². The molecule has 5 aromatic rings. The third kappa shape index (κ3) is 3.43. The number of hydrogen-bond donors (Lipinski definition) is 3. The second-order valence-electron chi connectivity index (χ2n) is 7.22. The first-order valence-corrected chi connectivity index (χ1v) is 10.1. The highest BCUT2D eigenvalue weighted by Gasteiger charge is 2.09. The van der Waals surface area contributed by atoms with Gasteiger partial charge in [-0.05, 0) is 53.9 Å². The highest BCUT2D eigenvalue weighted by Crippen LogP contribution is 2.31. The Morgan fingerprint density at radius 1 is 0.900 bits per heavy atom. The Hall–Kier alpha value is -3.93. The molecule has 0 unspecified atom stereocenters. The zero-order valence-electron chi connectivity index (χ0n) is 16.7. The van der Waals surface area contributed by atoms with E-state index in [1.165, 1.54) is 0 Å². The van der Waals surface area contributed by atoms with Crippen LogP contribution in [0.4, 0.5) is 17.2 Å². The third-order valence-electron chi connectivity index (χ3n) is 5.15. The maximum absolute atomic E-state index is 4.52. The molecule has 5 rings (SSSR count). The van der Waals surface area contributed by atoms with Gasteiger partial charge in [0.05, 0.1) is 22.9 Å². The Morgan fingerprint density at radius 3 is 2.73 bits per heavy atom. The number of aromatic nitrogens is 4. The molecule has 0 fully saturated rings. The van der Waals surface area contributed by atoms with E-state index < -0.39 is 0 Å². The van der Waals surface area contributed by atoms with Crippen molar-refractivity contribution in [1.82, 2.24) is 20.2 Å². The number of benzene rings is 3. The topological polar surface area (TPSA) is 78.5 Å². The minimum Gasteiger partial charge on any atom is -0.385 e. The highest BCUT2D eigenvalue weighted by molar-refractivity contribution is 5.98. The predicted octanol–water partition coefficient (Wildman–Crippen LogP) is 5.74. The van der Waals surface area contributed by atoms with Gasteiger partial charge in [0.25, 0.3) is 0 Å². The van der Waals surface area contributed by atoms with E-state index in [-0.39, 0.29) is 0 Å². The summed E-state index contributed by atoms with van der Waals surface area (Å²) in [5, 5.41) is 16.1. The largest absolute Gasteiger partial charge is 0.385 e. The Labute approximate surface area is 174 Å². The molecule has 148 valence electrons. The van der Waals surface area contributed by atoms with Crippen LogP contribution < -0.4 is 10.6 Å². The SMILES string of the molecule is CCCNc1cccc(-c2ccc3ncnc(Nc4cccc5[nH]ncc45)c3c2)c1. The van der Waals surface area contributed by atoms with E-state index in [4.69, 9.17) is 0 Å². The van der Waals surface area contributed by atoms with Gasteiger partial charge in [-0.15, -0.1) is 0 Å². The van der Waals surface area contributed by atoms with Crippen molar-refractivity contribution in [3.05, 3.63) is 73.2 Å². The Balaban J connectivity index is 1.55. The number of aromatic amines is 1. The minimum atomic E-state index is 0.774. The van der Waals surface area contributed by atoms with Gasteiger partial charge in [-0.3, -0.25) is 5.10 Å². The van der Waals surface area contributed by atoms with Crippen LogP contribution in [0.15, 0.2) is 73.2 Å². The van der Waals surface area contributed by atoms with Crippen LogP contribution in [0.3, 0.4) is 0 Å². The highest BCUT2D eigenvalue weighted by atomic mass is 15.1. The van der Waals surface area contributed by atoms with Gasteiger partial charge in [0.15, 0.2) is 0 Å². The summed E-state index contributed by atoms with van der Waals surface area (Å²) in [6, 6.07) is 20.8. The number of nitrogens with zero attached hydrogens (tertiary/aromatic N) is 3. The maximum atomic E-state index is 4.52. The van der Waals surface area contributed by atoms with E-state index in [1.807, 2.05) is 30.5 Å². The fourth-order valence-corrected chi connectivity index (χ4v) is 3.62. The molecule has 0 saturated carbocycles. The van der Waals surface area contributed by atoms with Crippen LogP contribution in [0.25, 0.3) is 32.9 Å². The number of hydrogen-bond acceptors (Lipinski definition) is 5. The molecular weight excluding hydrogens is 372 g/mol. The molecule has 6 heteroatoms. The number of fused-ring (bicyclic) bond motifs is 2. The fourth-order valence-electron chi connectivity index (χ4n) is 3.62. The van der Waals surface area contributed by atoms with E-state index in [1.54, 1.807) is 6.33 Å². The fraction of sp³-hybridized carbons (Fsp3) is 0.125. The van der Waals surface area contributed by atoms with Gasteiger partial charge in [-0.25, -0.2) is 9.97 Å². The van der Waals surface area contributed by atoms with Crippen LogP contribution in [0, 0.1) is 0 Å². The van der Waals surface area contributed by atoms with Crippen molar-refractivity contribution in [1.29, 1.82) is 0 Å². The van der Waals surface area contributed by atoms with E-state index in [2.05, 4.69) is 74.1 Å². The van der Waals surface area contributed by atoms with Gasteiger partial charge in [0, 0.05) is 23.0 Å². The summed E-state index contributed by atoms with van der Waals surface area (Å²) in [4.78, 5) is 8.97. The first-order valence-electron chi connectivity index (χ1n) is 10.1. The molecule has 0 saturated heterocycles. The normalized spacial score (nSPS) is 11.1. The van der Waals surface area contributed by atoms with Crippen molar-refractivity contribution >= 4 is 39.0 Å². The molecule has 3 aromatic carbocycles. The molecule has 30 heavy (non-hydrogen) atoms. The van der Waals surface area contributed by atoms with Crippen molar-refractivity contribution in [2.45, 2.75) is 13.3 Å². The monoisotopic (exact) mass is 394 g/mol. The Kier molecular flexibility index (Phi) is 4.73. The number of H-pyrrole nitrogens is 1. The lowest BCUT2D eigenvalue weighted by Crippen LogP contribution is -1.99. The van der Waals surface area contributed by atoms with Gasteiger partial charge in [0.2, 0.25) is 0 Å². The van der Waals surface area contributed by atoms with E-state index in [0.717, 1.165) is 63.1 Å². The molecule has 0 radical (unpaired) electrons. The van der Waals surface area contributed by atoms with Crippen LogP contribution >= 0.6 is 0 Å². The molecule has 0 aliphatic rings. The summed E-state index contributed by atoms with van der Waals surface area (Å²) in [6.07, 6.45) is 4.51. The molecule has 2 aromatic heterocycles. The summed E-state index contributed by atoms with van der Waals surface area (Å²) in [5.41, 5.74) is 6.25. The maximum Gasteiger partial charge on any atom is 0.141 e. The molecular formula is C24H22N6. The standard InChI is InChI=1S/C24H22N6/c1-2-11-25-18-6-3-5-16(12-18)17-9-10-21-19(13-17)24(27-15-26-21)29-22-7-4-8-23-20(22)14-28-30-23/h3-10,12-15,25H,2,11H2,1H3,(H,28,30)(H,26,27,29). The lowest BCUT2D eigenvalue weighted by atomic mass is 10.0. The third-order valence-corrected chi connectivity index (χ3v) is 5.15. The Bertz CT molecular complexity index is 1320. The lowest BCUT2D eigenvalue weighted by Gasteiger charge is -2.11. The molecule has 0 spiro atoms. The summed E-state index contributed by atoms with van der Waals surface area (Å²) in [7, 11) is 0. The summed E-state index contributed by atoms with van der Waals surface area (Å²) in [6.45, 7) is 3.13. The average molecular weight is 394 g/mol. The summed E-state index contributed by atoms with van der Waals surface area (Å²) >= 11 is 0. The minimum absolute atomic E-state index is 0.774. The average Bonchev–Trinajstić information content (AvgIpc) is 3.28. The molecule has 0 bridgehead atoms. The number of anilines is 3. The van der Waals surface area contributed by atoms with Crippen molar-refractivity contribution in [3.8, 4) is 11.1 Å². The van der Waals surface area contributed by atoms with Crippen molar-refractivity contribution in [2.24, 2.45) is 0 Å². The molecule has 0 aliphatic carbocycles. The predicted molar refractivity (Wildman–Crippen MR) is 123 cm³/mol. The van der Waals surface area contributed by atoms with Gasteiger partial charge < -0.3 is 10.6 Å². The first-order chi connectivity index (χ1) is 14.8. The first kappa shape index (κ1) is 18.1. The van der Waals surface area contributed by atoms with Crippen molar-refractivity contribution in [3.63, 3.8) is 0 Å². The van der Waals surface area contributed by atoms with Crippen LogP contribution in [0.1, 0.15) is 13.3 Å². The van der Waals surface area contributed by atoms with Crippen molar-refractivity contribution < 1.29 is 0 Å². The second kappa shape index (κ2) is 7.83. The van der Waals surface area contributed by atoms with Gasteiger partial charge in [-0.1, -0.05) is 31.2 Å². The number of nitrogens with one attached hydrogen (secondary N) is 3. The molecule has 0 atom stereocenters. The second-order valence-corrected chi connectivity index (χ2v) is 7.22. The molecule has 3 N–H and O–H groups in total. The summed E-state index contributed by atoms with van der Waals surface area (Å²) in [5.74, 6) is 0.774. The Morgan fingerprint density at radius 2 is 1.80 bits per heavy atom. The molecule has 0 aliphatic heterocycles. The number of rotatable bonds is 6. The molecule has 2 heterocycles. The van der Waals surface area contributed by atoms with Crippen molar-refractivity contribution in [2.75, 3.05) is 17.2 Å². The summed E-state index contributed by atoms with van der Waals surface area (Å²) < 4.78 is 0. The lowest BCUT2D eigenvalue weighted by molar-refractivity contribution is 0.980. The van der Waals surface area contributed by atoms with Crippen LogP contribution in [0.2, 0.25) is 0 Å². The zero-order valence-corrected chi connectivity index (χ0v) is 16.7.